The van der Waals surface area contributed by atoms with Crippen LogP contribution in [0.5, 0.6) is 0 Å². The third-order valence-electron chi connectivity index (χ3n) is 3.73. The van der Waals surface area contributed by atoms with Crippen LogP contribution in [0.2, 0.25) is 0 Å². The number of para-hydroxylation sites is 2. The number of amides is 1. The van der Waals surface area contributed by atoms with E-state index in [9.17, 15) is 4.79 Å². The van der Waals surface area contributed by atoms with E-state index in [1.807, 2.05) is 48.1 Å². The molecule has 8 nitrogen and oxygen atoms in total. The fraction of sp³-hybridized carbons (Fsp3) is 0.125. The Bertz CT molecular complexity index is 997. The average Bonchev–Trinajstić information content (AvgIpc) is 3.31. The Morgan fingerprint density at radius 2 is 2.00 bits per heavy atom. The van der Waals surface area contributed by atoms with Crippen molar-refractivity contribution in [2.45, 2.75) is 6.67 Å². The summed E-state index contributed by atoms with van der Waals surface area (Å²) in [7, 11) is 1.86. The van der Waals surface area contributed by atoms with Crippen molar-refractivity contribution in [2.75, 3.05) is 5.32 Å². The molecule has 0 unspecified atom stereocenters. The number of carbonyl (C=O) groups is 1. The fourth-order valence-corrected chi connectivity index (χ4v) is 2.52. The van der Waals surface area contributed by atoms with Gasteiger partial charge in [-0.05, 0) is 24.3 Å². The van der Waals surface area contributed by atoms with Crippen molar-refractivity contribution >= 4 is 22.9 Å². The molecule has 0 bridgehead atoms. The van der Waals surface area contributed by atoms with Gasteiger partial charge in [0.2, 0.25) is 5.95 Å². The van der Waals surface area contributed by atoms with Crippen LogP contribution in [0.4, 0.5) is 5.95 Å². The highest BCUT2D eigenvalue weighted by Crippen LogP contribution is 2.17. The molecule has 3 heterocycles. The second-order valence-corrected chi connectivity index (χ2v) is 5.36. The zero-order chi connectivity index (χ0) is 16.5. The van der Waals surface area contributed by atoms with Crippen molar-refractivity contribution in [3.63, 3.8) is 0 Å². The van der Waals surface area contributed by atoms with Gasteiger partial charge in [0, 0.05) is 25.6 Å². The lowest BCUT2D eigenvalue weighted by Crippen LogP contribution is -2.17. The molecule has 4 rings (SSSR count). The molecule has 1 aromatic carbocycles. The molecule has 0 radical (unpaired) electrons. The molecule has 8 heteroatoms. The van der Waals surface area contributed by atoms with Crippen LogP contribution in [0.3, 0.4) is 0 Å². The lowest BCUT2D eigenvalue weighted by Gasteiger charge is -2.03. The molecule has 0 saturated carbocycles. The SMILES string of the molecule is Cn1c(NC(=O)c2ccn(Cn3cccn3)n2)nc2ccccc21. The first kappa shape index (κ1) is 14.2. The van der Waals surface area contributed by atoms with Crippen LogP contribution in [0.15, 0.2) is 55.0 Å². The summed E-state index contributed by atoms with van der Waals surface area (Å²) in [4.78, 5) is 16.8. The minimum absolute atomic E-state index is 0.298. The number of hydrogen-bond donors (Lipinski definition) is 1. The van der Waals surface area contributed by atoms with Crippen LogP contribution in [0, 0.1) is 0 Å². The lowest BCUT2D eigenvalue weighted by molar-refractivity contribution is 0.102. The molecule has 24 heavy (non-hydrogen) atoms. The van der Waals surface area contributed by atoms with Crippen molar-refractivity contribution in [1.82, 2.24) is 29.1 Å². The van der Waals surface area contributed by atoms with Crippen molar-refractivity contribution in [1.29, 1.82) is 0 Å². The Balaban J connectivity index is 1.53. The number of aryl methyl sites for hydroxylation is 1. The molecule has 0 spiro atoms. The number of fused-ring (bicyclic) bond motifs is 1. The Kier molecular flexibility index (Phi) is 3.34. The van der Waals surface area contributed by atoms with Crippen LogP contribution in [0.1, 0.15) is 10.5 Å². The maximum absolute atomic E-state index is 12.4. The van der Waals surface area contributed by atoms with E-state index in [1.54, 1.807) is 27.8 Å². The maximum atomic E-state index is 12.4. The van der Waals surface area contributed by atoms with Gasteiger partial charge in [-0.25, -0.2) is 4.98 Å². The van der Waals surface area contributed by atoms with E-state index in [0.717, 1.165) is 11.0 Å². The first-order valence-corrected chi connectivity index (χ1v) is 7.44. The fourth-order valence-electron chi connectivity index (χ4n) is 2.52. The maximum Gasteiger partial charge on any atom is 0.278 e. The standard InChI is InChI=1S/C16H15N7O/c1-21-14-6-3-2-5-12(14)18-16(21)19-15(24)13-7-10-23(20-13)11-22-9-4-8-17-22/h2-10H,11H2,1H3,(H,18,19,24). The van der Waals surface area contributed by atoms with Gasteiger partial charge in [-0.2, -0.15) is 10.2 Å². The van der Waals surface area contributed by atoms with E-state index < -0.39 is 0 Å². The van der Waals surface area contributed by atoms with Gasteiger partial charge in [-0.3, -0.25) is 19.5 Å². The van der Waals surface area contributed by atoms with Crippen LogP contribution >= 0.6 is 0 Å². The first-order valence-electron chi connectivity index (χ1n) is 7.44. The summed E-state index contributed by atoms with van der Waals surface area (Å²) in [5.41, 5.74) is 2.12. The predicted octanol–water partition coefficient (Wildman–Crippen LogP) is 1.72. The molecular formula is C16H15N7O. The summed E-state index contributed by atoms with van der Waals surface area (Å²) in [5, 5.41) is 11.2. The van der Waals surface area contributed by atoms with E-state index >= 15 is 0 Å². The number of nitrogens with zero attached hydrogens (tertiary/aromatic N) is 6. The number of aromatic nitrogens is 6. The number of nitrogens with one attached hydrogen (secondary N) is 1. The molecule has 0 fully saturated rings. The largest absolute Gasteiger partial charge is 0.313 e. The molecule has 1 amide bonds. The molecule has 0 atom stereocenters. The normalized spacial score (nSPS) is 11.0. The molecule has 1 N–H and O–H groups in total. The topological polar surface area (TPSA) is 82.6 Å². The van der Waals surface area contributed by atoms with Crippen molar-refractivity contribution < 1.29 is 4.79 Å². The molecular weight excluding hydrogens is 306 g/mol. The summed E-state index contributed by atoms with van der Waals surface area (Å²) < 4.78 is 5.21. The molecule has 0 aliphatic carbocycles. The quantitative estimate of drug-likeness (QED) is 0.620. The predicted molar refractivity (Wildman–Crippen MR) is 88.5 cm³/mol. The zero-order valence-corrected chi connectivity index (χ0v) is 13.0. The third-order valence-corrected chi connectivity index (χ3v) is 3.73. The Morgan fingerprint density at radius 3 is 2.79 bits per heavy atom. The summed E-state index contributed by atoms with van der Waals surface area (Å²) >= 11 is 0. The number of carbonyl (C=O) groups excluding carboxylic acids is 1. The summed E-state index contributed by atoms with van der Waals surface area (Å²) in [5.74, 6) is 0.190. The molecule has 0 aliphatic rings. The summed E-state index contributed by atoms with van der Waals surface area (Å²) in [6, 6.07) is 11.2. The zero-order valence-electron chi connectivity index (χ0n) is 13.0. The number of anilines is 1. The highest BCUT2D eigenvalue weighted by molar-refractivity contribution is 6.02. The van der Waals surface area contributed by atoms with Gasteiger partial charge in [-0.1, -0.05) is 12.1 Å². The molecule has 0 aliphatic heterocycles. The van der Waals surface area contributed by atoms with Gasteiger partial charge in [-0.15, -0.1) is 0 Å². The van der Waals surface area contributed by atoms with Crippen LogP contribution < -0.4 is 5.32 Å². The highest BCUT2D eigenvalue weighted by atomic mass is 16.2. The van der Waals surface area contributed by atoms with Gasteiger partial charge >= 0.3 is 0 Å². The third kappa shape index (κ3) is 2.54. The smallest absolute Gasteiger partial charge is 0.278 e. The van der Waals surface area contributed by atoms with Crippen LogP contribution in [-0.2, 0) is 13.7 Å². The minimum Gasteiger partial charge on any atom is -0.313 e. The Hall–Kier alpha value is -3.42. The lowest BCUT2D eigenvalue weighted by atomic mass is 10.3. The van der Waals surface area contributed by atoms with E-state index in [1.165, 1.54) is 0 Å². The van der Waals surface area contributed by atoms with Crippen molar-refractivity contribution in [3.05, 3.63) is 60.7 Å². The number of rotatable bonds is 4. The Morgan fingerprint density at radius 1 is 1.12 bits per heavy atom. The van der Waals surface area contributed by atoms with Crippen LogP contribution in [0.25, 0.3) is 11.0 Å². The molecule has 120 valence electrons. The molecule has 4 aromatic rings. The second-order valence-electron chi connectivity index (χ2n) is 5.36. The first-order chi connectivity index (χ1) is 11.7. The van der Waals surface area contributed by atoms with Gasteiger partial charge in [0.25, 0.3) is 5.91 Å². The second kappa shape index (κ2) is 5.65. The van der Waals surface area contributed by atoms with Gasteiger partial charge in [0.1, 0.15) is 6.67 Å². The van der Waals surface area contributed by atoms with Crippen molar-refractivity contribution in [2.24, 2.45) is 7.05 Å². The van der Waals surface area contributed by atoms with E-state index in [4.69, 9.17) is 0 Å². The van der Waals surface area contributed by atoms with Gasteiger partial charge in [0.15, 0.2) is 5.69 Å². The van der Waals surface area contributed by atoms with Gasteiger partial charge < -0.3 is 4.57 Å². The summed E-state index contributed by atoms with van der Waals surface area (Å²) in [6.07, 6.45) is 5.27. The number of benzene rings is 1. The van der Waals surface area contributed by atoms with E-state index in [2.05, 4.69) is 20.5 Å². The monoisotopic (exact) mass is 321 g/mol. The number of imidazole rings is 1. The van der Waals surface area contributed by atoms with Crippen LogP contribution in [-0.4, -0.2) is 35.0 Å². The Labute approximate surface area is 137 Å². The molecule has 3 aromatic heterocycles. The van der Waals surface area contributed by atoms with Gasteiger partial charge in [0.05, 0.1) is 11.0 Å². The highest BCUT2D eigenvalue weighted by Gasteiger charge is 2.14. The van der Waals surface area contributed by atoms with Crippen molar-refractivity contribution in [3.8, 4) is 0 Å². The number of hydrogen-bond acceptors (Lipinski definition) is 4. The minimum atomic E-state index is -0.298. The van der Waals surface area contributed by atoms with E-state index in [0.29, 0.717) is 18.3 Å². The molecule has 0 saturated heterocycles. The van der Waals surface area contributed by atoms with E-state index in [-0.39, 0.29) is 5.91 Å². The average molecular weight is 321 g/mol. The summed E-state index contributed by atoms with van der Waals surface area (Å²) in [6.45, 7) is 0.451.